The van der Waals surface area contributed by atoms with Gasteiger partial charge in [-0.15, -0.1) is 15.3 Å². The van der Waals surface area contributed by atoms with Gasteiger partial charge in [-0.2, -0.15) is 4.52 Å². The molecular weight excluding hydrogens is 389 g/mol. The van der Waals surface area contributed by atoms with E-state index in [-0.39, 0.29) is 6.03 Å². The zero-order valence-electron chi connectivity index (χ0n) is 14.6. The van der Waals surface area contributed by atoms with Gasteiger partial charge in [-0.3, -0.25) is 4.90 Å². The van der Waals surface area contributed by atoms with Crippen molar-refractivity contribution in [2.45, 2.75) is 0 Å². The van der Waals surface area contributed by atoms with Crippen molar-refractivity contribution in [3.63, 3.8) is 0 Å². The van der Waals surface area contributed by atoms with E-state index in [1.807, 2.05) is 17.0 Å². The molecule has 0 aliphatic carbocycles. The number of benzene rings is 1. The monoisotopic (exact) mass is 405 g/mol. The first-order valence-corrected chi connectivity index (χ1v) is 9.18. The second kappa shape index (κ2) is 7.21. The molecule has 0 bridgehead atoms. The van der Waals surface area contributed by atoms with Crippen LogP contribution in [0.2, 0.25) is 10.0 Å². The zero-order valence-corrected chi connectivity index (χ0v) is 16.1. The van der Waals surface area contributed by atoms with Crippen molar-refractivity contribution in [3.8, 4) is 0 Å². The maximum Gasteiger partial charge on any atom is 0.324 e. The van der Waals surface area contributed by atoms with Crippen LogP contribution in [0.25, 0.3) is 5.65 Å². The van der Waals surface area contributed by atoms with E-state index in [0.29, 0.717) is 47.6 Å². The Morgan fingerprint density at radius 1 is 1.07 bits per heavy atom. The third kappa shape index (κ3) is 3.50. The molecule has 27 heavy (non-hydrogen) atoms. The highest BCUT2D eigenvalue weighted by Gasteiger charge is 2.25. The van der Waals surface area contributed by atoms with Crippen molar-refractivity contribution in [2.24, 2.45) is 0 Å². The molecule has 4 rings (SSSR count). The van der Waals surface area contributed by atoms with Gasteiger partial charge in [0.1, 0.15) is 12.1 Å². The average molecular weight is 406 g/mol. The van der Waals surface area contributed by atoms with Crippen LogP contribution in [-0.2, 0) is 0 Å². The maximum atomic E-state index is 12.8. The van der Waals surface area contributed by atoms with Crippen LogP contribution in [0.5, 0.6) is 0 Å². The van der Waals surface area contributed by atoms with E-state index in [0.717, 1.165) is 5.82 Å². The molecule has 0 spiro atoms. The van der Waals surface area contributed by atoms with Crippen LogP contribution < -0.4 is 9.80 Å². The lowest BCUT2D eigenvalue weighted by Crippen LogP contribution is -2.52. The summed E-state index contributed by atoms with van der Waals surface area (Å²) in [6.45, 7) is 2.60. The van der Waals surface area contributed by atoms with E-state index < -0.39 is 0 Å². The van der Waals surface area contributed by atoms with Gasteiger partial charge in [0.25, 0.3) is 0 Å². The molecular formula is C17H17Cl2N7O. The number of nitrogens with zero attached hydrogens (tertiary/aromatic N) is 7. The molecule has 0 unspecified atom stereocenters. The third-order valence-electron chi connectivity index (χ3n) is 4.60. The second-order valence-electron chi connectivity index (χ2n) is 6.24. The fourth-order valence-corrected chi connectivity index (χ4v) is 3.32. The number of urea groups is 1. The molecule has 8 nitrogen and oxygen atoms in total. The summed E-state index contributed by atoms with van der Waals surface area (Å²) in [5.41, 5.74) is 1.41. The number of piperazine rings is 1. The highest BCUT2D eigenvalue weighted by Crippen LogP contribution is 2.27. The minimum atomic E-state index is -0.0738. The van der Waals surface area contributed by atoms with E-state index in [2.05, 4.69) is 20.2 Å². The minimum Gasteiger partial charge on any atom is -0.352 e. The third-order valence-corrected chi connectivity index (χ3v) is 5.34. The molecule has 1 aliphatic heterocycles. The molecule has 2 amide bonds. The van der Waals surface area contributed by atoms with E-state index in [4.69, 9.17) is 23.2 Å². The van der Waals surface area contributed by atoms with Crippen molar-refractivity contribution in [1.29, 1.82) is 0 Å². The number of hydrogen-bond donors (Lipinski definition) is 0. The van der Waals surface area contributed by atoms with Crippen LogP contribution in [0.15, 0.2) is 36.7 Å². The van der Waals surface area contributed by atoms with Gasteiger partial charge in [0.05, 0.1) is 10.0 Å². The van der Waals surface area contributed by atoms with E-state index >= 15 is 0 Å². The molecule has 3 aromatic rings. The number of amides is 2. The van der Waals surface area contributed by atoms with E-state index in [9.17, 15) is 4.79 Å². The Bertz CT molecular complexity index is 984. The Kier molecular flexibility index (Phi) is 4.75. The van der Waals surface area contributed by atoms with Crippen molar-refractivity contribution in [3.05, 3.63) is 46.7 Å². The summed E-state index contributed by atoms with van der Waals surface area (Å²) in [4.78, 5) is 18.3. The van der Waals surface area contributed by atoms with Crippen LogP contribution in [0.1, 0.15) is 0 Å². The minimum absolute atomic E-state index is 0.0738. The van der Waals surface area contributed by atoms with Gasteiger partial charge < -0.3 is 9.80 Å². The SMILES string of the molecule is CN(C(=O)N1CCN(c2ccc3nncn3n2)CC1)c1ccc(Cl)c(Cl)c1. The van der Waals surface area contributed by atoms with E-state index in [1.165, 1.54) is 0 Å². The van der Waals surface area contributed by atoms with Gasteiger partial charge in [-0.05, 0) is 30.3 Å². The molecule has 0 N–H and O–H groups in total. The number of carbonyl (C=O) groups is 1. The van der Waals surface area contributed by atoms with Crippen molar-refractivity contribution in [2.75, 3.05) is 43.0 Å². The lowest BCUT2D eigenvalue weighted by atomic mass is 10.3. The van der Waals surface area contributed by atoms with Gasteiger partial charge in [-0.25, -0.2) is 4.79 Å². The first-order valence-electron chi connectivity index (χ1n) is 8.42. The number of carbonyl (C=O) groups excluding carboxylic acids is 1. The average Bonchev–Trinajstić information content (AvgIpc) is 3.17. The van der Waals surface area contributed by atoms with Crippen LogP contribution in [0.4, 0.5) is 16.3 Å². The number of halogens is 2. The lowest BCUT2D eigenvalue weighted by molar-refractivity contribution is 0.202. The summed E-state index contributed by atoms with van der Waals surface area (Å²) in [6.07, 6.45) is 1.57. The lowest BCUT2D eigenvalue weighted by Gasteiger charge is -2.37. The first-order chi connectivity index (χ1) is 13.0. The smallest absolute Gasteiger partial charge is 0.324 e. The fraction of sp³-hybridized carbons (Fsp3) is 0.294. The quantitative estimate of drug-likeness (QED) is 0.655. The number of aromatic nitrogens is 4. The van der Waals surface area contributed by atoms with Crippen LogP contribution in [-0.4, -0.2) is 64.0 Å². The Morgan fingerprint density at radius 3 is 2.59 bits per heavy atom. The molecule has 1 saturated heterocycles. The molecule has 1 fully saturated rings. The largest absolute Gasteiger partial charge is 0.352 e. The number of rotatable bonds is 2. The van der Waals surface area contributed by atoms with Gasteiger partial charge >= 0.3 is 6.03 Å². The molecule has 1 aromatic carbocycles. The van der Waals surface area contributed by atoms with Gasteiger partial charge in [0, 0.05) is 38.9 Å². The van der Waals surface area contributed by atoms with Crippen LogP contribution in [0, 0.1) is 0 Å². The molecule has 3 heterocycles. The Balaban J connectivity index is 1.41. The predicted molar refractivity (Wildman–Crippen MR) is 105 cm³/mol. The summed E-state index contributed by atoms with van der Waals surface area (Å²) >= 11 is 12.0. The van der Waals surface area contributed by atoms with Crippen molar-refractivity contribution in [1.82, 2.24) is 24.7 Å². The maximum absolute atomic E-state index is 12.8. The first kappa shape index (κ1) is 17.8. The second-order valence-corrected chi connectivity index (χ2v) is 7.05. The van der Waals surface area contributed by atoms with Gasteiger partial charge in [0.2, 0.25) is 0 Å². The summed E-state index contributed by atoms with van der Waals surface area (Å²) in [6, 6.07) is 8.88. The summed E-state index contributed by atoms with van der Waals surface area (Å²) in [5.74, 6) is 0.840. The highest BCUT2D eigenvalue weighted by atomic mass is 35.5. The fourth-order valence-electron chi connectivity index (χ4n) is 3.03. The Labute approximate surface area is 165 Å². The molecule has 0 atom stereocenters. The Hall–Kier alpha value is -2.58. The van der Waals surface area contributed by atoms with Crippen molar-refractivity contribution < 1.29 is 4.79 Å². The molecule has 2 aromatic heterocycles. The van der Waals surface area contributed by atoms with Gasteiger partial charge in [0.15, 0.2) is 5.65 Å². The normalized spacial score (nSPS) is 14.6. The molecule has 0 radical (unpaired) electrons. The van der Waals surface area contributed by atoms with Crippen molar-refractivity contribution >= 4 is 46.4 Å². The standard InChI is InChI=1S/C17H17Cl2N7O/c1-23(12-2-3-13(18)14(19)10-12)17(27)25-8-6-24(7-9-25)16-5-4-15-21-20-11-26(15)22-16/h2-5,10-11H,6-9H2,1H3. The Morgan fingerprint density at radius 2 is 1.85 bits per heavy atom. The number of hydrogen-bond acceptors (Lipinski definition) is 5. The highest BCUT2D eigenvalue weighted by molar-refractivity contribution is 6.42. The topological polar surface area (TPSA) is 69.9 Å². The van der Waals surface area contributed by atoms with Crippen LogP contribution >= 0.6 is 23.2 Å². The number of fused-ring (bicyclic) bond motifs is 1. The van der Waals surface area contributed by atoms with E-state index in [1.54, 1.807) is 41.0 Å². The molecule has 10 heteroatoms. The van der Waals surface area contributed by atoms with Crippen LogP contribution in [0.3, 0.4) is 0 Å². The van der Waals surface area contributed by atoms with Gasteiger partial charge in [-0.1, -0.05) is 23.2 Å². The number of anilines is 2. The molecule has 0 saturated carbocycles. The molecule has 140 valence electrons. The summed E-state index contributed by atoms with van der Waals surface area (Å²) < 4.78 is 1.64. The zero-order chi connectivity index (χ0) is 19.0. The summed E-state index contributed by atoms with van der Waals surface area (Å²) in [5, 5.41) is 13.2. The predicted octanol–water partition coefficient (Wildman–Crippen LogP) is 2.81. The molecule has 1 aliphatic rings. The summed E-state index contributed by atoms with van der Waals surface area (Å²) in [7, 11) is 1.73.